The molecule has 0 unspecified atom stereocenters. The van der Waals surface area contributed by atoms with Crippen LogP contribution in [0.15, 0.2) is 58.7 Å². The number of hydrogen-bond acceptors (Lipinski definition) is 6. The highest BCUT2D eigenvalue weighted by atomic mass is 32.2. The number of amidine groups is 1. The van der Waals surface area contributed by atoms with Crippen molar-refractivity contribution in [3.8, 4) is 5.88 Å². The monoisotopic (exact) mass is 422 g/mol. The third-order valence-corrected chi connectivity index (χ3v) is 5.34. The number of carbonyl (C=O) groups is 1. The van der Waals surface area contributed by atoms with E-state index in [1.54, 1.807) is 12.1 Å². The number of halogens is 1. The van der Waals surface area contributed by atoms with Crippen molar-refractivity contribution < 1.29 is 13.9 Å². The number of aliphatic imine (C=N–C) groups is 1. The predicted octanol–water partition coefficient (Wildman–Crippen LogP) is 3.97. The molecule has 2 aromatic carbocycles. The third kappa shape index (κ3) is 4.65. The molecule has 8 heteroatoms. The maximum Gasteiger partial charge on any atom is 0.286 e. The molecule has 152 valence electrons. The summed E-state index contributed by atoms with van der Waals surface area (Å²) in [6, 6.07) is 12.1. The minimum atomic E-state index is -0.289. The van der Waals surface area contributed by atoms with Gasteiger partial charge in [-0.15, -0.1) is 0 Å². The van der Waals surface area contributed by atoms with Gasteiger partial charge in [-0.1, -0.05) is 18.2 Å². The number of thioether (sulfide) groups is 1. The van der Waals surface area contributed by atoms with Gasteiger partial charge in [0.15, 0.2) is 5.17 Å². The molecule has 3 aromatic rings. The standard InChI is InChI=1S/C22H19FN4O2S/c1-2-29-21-17-11-15(6-7-18(17)25-13-26-21)12-19-20(28)27-22(30-19)24-9-8-14-4-3-5-16(23)10-14/h3-7,10-13H,2,8-9H2,1H3,(H,24,27,28)/b19-12+. The molecule has 1 aliphatic heterocycles. The van der Waals surface area contributed by atoms with Crippen LogP contribution in [0, 0.1) is 5.82 Å². The molecule has 2 heterocycles. The van der Waals surface area contributed by atoms with Gasteiger partial charge in [-0.05, 0) is 66.6 Å². The summed E-state index contributed by atoms with van der Waals surface area (Å²) in [5.74, 6) is -0.0273. The van der Waals surface area contributed by atoms with E-state index in [9.17, 15) is 9.18 Å². The van der Waals surface area contributed by atoms with Gasteiger partial charge in [0, 0.05) is 6.54 Å². The molecule has 0 bridgehead atoms. The Morgan fingerprint density at radius 1 is 1.20 bits per heavy atom. The molecule has 0 saturated carbocycles. The van der Waals surface area contributed by atoms with Crippen molar-refractivity contribution in [1.82, 2.24) is 15.3 Å². The van der Waals surface area contributed by atoms with E-state index in [4.69, 9.17) is 4.74 Å². The third-order valence-electron chi connectivity index (χ3n) is 4.40. The van der Waals surface area contributed by atoms with Gasteiger partial charge in [0.25, 0.3) is 5.91 Å². The zero-order valence-corrected chi connectivity index (χ0v) is 17.1. The molecule has 1 N–H and O–H groups in total. The van der Waals surface area contributed by atoms with Gasteiger partial charge in [-0.2, -0.15) is 4.99 Å². The van der Waals surface area contributed by atoms with Crippen molar-refractivity contribution >= 4 is 39.8 Å². The number of aromatic nitrogens is 2. The number of carbonyl (C=O) groups excluding carboxylic acids is 1. The number of amides is 1. The first-order valence-corrected chi connectivity index (χ1v) is 10.3. The Kier molecular flexibility index (Phi) is 6.04. The summed E-state index contributed by atoms with van der Waals surface area (Å²) in [7, 11) is 0. The number of rotatable bonds is 6. The molecular formula is C22H19FN4O2S. The molecule has 0 saturated heterocycles. The van der Waals surface area contributed by atoms with Crippen molar-refractivity contribution in [1.29, 1.82) is 0 Å². The minimum Gasteiger partial charge on any atom is -0.477 e. The van der Waals surface area contributed by atoms with E-state index >= 15 is 0 Å². The second kappa shape index (κ2) is 9.04. The Bertz CT molecular complexity index is 1160. The Labute approximate surface area is 177 Å². The van der Waals surface area contributed by atoms with Gasteiger partial charge in [0.1, 0.15) is 12.1 Å². The Morgan fingerprint density at radius 3 is 2.93 bits per heavy atom. The molecule has 1 aromatic heterocycles. The SMILES string of the molecule is CCOc1ncnc2ccc(/C=C3/SC(NCCc4cccc(F)c4)=NC3=O)cc12. The fourth-order valence-electron chi connectivity index (χ4n) is 3.03. The van der Waals surface area contributed by atoms with Gasteiger partial charge in [0.2, 0.25) is 5.88 Å². The van der Waals surface area contributed by atoms with E-state index in [1.807, 2.05) is 31.2 Å². The van der Waals surface area contributed by atoms with Gasteiger partial charge in [-0.3, -0.25) is 4.79 Å². The highest BCUT2D eigenvalue weighted by Gasteiger charge is 2.21. The second-order valence-electron chi connectivity index (χ2n) is 6.53. The van der Waals surface area contributed by atoms with Crippen molar-refractivity contribution in [3.05, 3.63) is 70.6 Å². The van der Waals surface area contributed by atoms with E-state index in [-0.39, 0.29) is 11.7 Å². The van der Waals surface area contributed by atoms with Crippen LogP contribution in [0.3, 0.4) is 0 Å². The molecule has 0 radical (unpaired) electrons. The summed E-state index contributed by atoms with van der Waals surface area (Å²) in [6.07, 6.45) is 3.90. The molecule has 30 heavy (non-hydrogen) atoms. The maximum absolute atomic E-state index is 13.3. The van der Waals surface area contributed by atoms with Crippen molar-refractivity contribution in [2.45, 2.75) is 13.3 Å². The van der Waals surface area contributed by atoms with E-state index in [1.165, 1.54) is 30.2 Å². The Hall–Kier alpha value is -3.26. The molecule has 1 amide bonds. The number of benzene rings is 2. The first-order valence-electron chi connectivity index (χ1n) is 9.51. The van der Waals surface area contributed by atoms with Crippen LogP contribution in [0.1, 0.15) is 18.1 Å². The van der Waals surface area contributed by atoms with Crippen LogP contribution >= 0.6 is 11.8 Å². The molecule has 6 nitrogen and oxygen atoms in total. The molecular weight excluding hydrogens is 403 g/mol. The summed E-state index contributed by atoms with van der Waals surface area (Å²) in [5, 5.41) is 4.47. The van der Waals surface area contributed by atoms with E-state index in [0.717, 1.165) is 22.0 Å². The van der Waals surface area contributed by atoms with Crippen LogP contribution in [0.4, 0.5) is 4.39 Å². The number of fused-ring (bicyclic) bond motifs is 1. The summed E-state index contributed by atoms with van der Waals surface area (Å²) >= 11 is 1.29. The Balaban J connectivity index is 1.44. The van der Waals surface area contributed by atoms with E-state index in [2.05, 4.69) is 20.3 Å². The fourth-order valence-corrected chi connectivity index (χ4v) is 3.87. The number of nitrogens with one attached hydrogen (secondary N) is 1. The average molecular weight is 422 g/mol. The van der Waals surface area contributed by atoms with Gasteiger partial charge in [0.05, 0.1) is 22.4 Å². The summed E-state index contributed by atoms with van der Waals surface area (Å²) < 4.78 is 18.8. The lowest BCUT2D eigenvalue weighted by atomic mass is 10.1. The van der Waals surface area contributed by atoms with Crippen molar-refractivity contribution in [2.24, 2.45) is 4.99 Å². The predicted molar refractivity (Wildman–Crippen MR) is 117 cm³/mol. The maximum atomic E-state index is 13.3. The molecule has 0 spiro atoms. The highest BCUT2D eigenvalue weighted by molar-refractivity contribution is 8.18. The smallest absolute Gasteiger partial charge is 0.286 e. The topological polar surface area (TPSA) is 76.5 Å². The summed E-state index contributed by atoms with van der Waals surface area (Å²) in [4.78, 5) is 25.3. The molecule has 0 atom stereocenters. The van der Waals surface area contributed by atoms with Gasteiger partial charge in [-0.25, -0.2) is 14.4 Å². The van der Waals surface area contributed by atoms with Crippen LogP contribution < -0.4 is 10.1 Å². The first kappa shape index (κ1) is 20.0. The lowest BCUT2D eigenvalue weighted by Crippen LogP contribution is -2.21. The van der Waals surface area contributed by atoms with Gasteiger partial charge >= 0.3 is 0 Å². The van der Waals surface area contributed by atoms with Crippen LogP contribution in [-0.4, -0.2) is 34.2 Å². The Morgan fingerprint density at radius 2 is 2.10 bits per heavy atom. The van der Waals surface area contributed by atoms with Crippen molar-refractivity contribution in [2.75, 3.05) is 13.2 Å². The molecule has 0 aliphatic carbocycles. The van der Waals surface area contributed by atoms with Crippen LogP contribution in [0.25, 0.3) is 17.0 Å². The number of hydrogen-bond donors (Lipinski definition) is 1. The van der Waals surface area contributed by atoms with Gasteiger partial charge < -0.3 is 10.1 Å². The van der Waals surface area contributed by atoms with E-state index in [0.29, 0.717) is 35.5 Å². The van der Waals surface area contributed by atoms with Crippen LogP contribution in [0.5, 0.6) is 5.88 Å². The number of ether oxygens (including phenoxy) is 1. The van der Waals surface area contributed by atoms with Crippen molar-refractivity contribution in [3.63, 3.8) is 0 Å². The molecule has 1 aliphatic rings. The number of nitrogens with zero attached hydrogens (tertiary/aromatic N) is 3. The zero-order chi connectivity index (χ0) is 20.9. The largest absolute Gasteiger partial charge is 0.477 e. The molecule has 4 rings (SSSR count). The first-order chi connectivity index (χ1) is 14.6. The highest BCUT2D eigenvalue weighted by Crippen LogP contribution is 2.29. The van der Waals surface area contributed by atoms with Crippen LogP contribution in [-0.2, 0) is 11.2 Å². The second-order valence-corrected chi connectivity index (χ2v) is 7.56. The summed E-state index contributed by atoms with van der Waals surface area (Å²) in [5.41, 5.74) is 2.50. The quantitative estimate of drug-likeness (QED) is 0.606. The lowest BCUT2D eigenvalue weighted by molar-refractivity contribution is -0.113. The van der Waals surface area contributed by atoms with Crippen LogP contribution in [0.2, 0.25) is 0 Å². The summed E-state index contributed by atoms with van der Waals surface area (Å²) in [6.45, 7) is 2.96. The lowest BCUT2D eigenvalue weighted by Gasteiger charge is -2.06. The fraction of sp³-hybridized carbons (Fsp3) is 0.182. The van der Waals surface area contributed by atoms with E-state index < -0.39 is 0 Å². The molecule has 0 fully saturated rings. The zero-order valence-electron chi connectivity index (χ0n) is 16.3. The average Bonchev–Trinajstić information content (AvgIpc) is 3.08. The normalized spacial score (nSPS) is 14.9. The minimum absolute atomic E-state index is 0.256.